The van der Waals surface area contributed by atoms with Crippen LogP contribution in [0, 0.1) is 17.2 Å². The molecule has 45 heavy (non-hydrogen) atoms. The minimum atomic E-state index is -5.00. The summed E-state index contributed by atoms with van der Waals surface area (Å²) in [4.78, 5) is 41.7. The molecule has 0 aromatic heterocycles. The van der Waals surface area contributed by atoms with Crippen molar-refractivity contribution in [2.75, 3.05) is 13.1 Å². The lowest BCUT2D eigenvalue weighted by atomic mass is 9.99. The van der Waals surface area contributed by atoms with Crippen molar-refractivity contribution in [3.05, 3.63) is 34.9 Å². The monoisotopic (exact) mass is 647 g/mol. The summed E-state index contributed by atoms with van der Waals surface area (Å²) in [5, 5.41) is 15.3. The Morgan fingerprint density at radius 3 is 2.13 bits per heavy atom. The largest absolute Gasteiger partial charge is 0.444 e. The Bertz CT molecular complexity index is 1260. The SMILES string of the molecule is CC(NC1CC(C=O)N(CC(NC(=O)OC(C)(C)C)C(=O)N2C(C#N)CC(C)C2C)C1)c1cc(C(F)(F)F)cc(C(F)(F)F)c1. The van der Waals surface area contributed by atoms with E-state index in [-0.39, 0.29) is 43.1 Å². The van der Waals surface area contributed by atoms with Gasteiger partial charge in [0.05, 0.1) is 23.2 Å². The lowest BCUT2D eigenvalue weighted by Crippen LogP contribution is -2.57. The molecule has 2 saturated heterocycles. The third-order valence-corrected chi connectivity index (χ3v) is 8.21. The lowest BCUT2D eigenvalue weighted by Gasteiger charge is -2.33. The van der Waals surface area contributed by atoms with E-state index in [0.29, 0.717) is 24.8 Å². The van der Waals surface area contributed by atoms with Crippen LogP contribution in [0.4, 0.5) is 31.1 Å². The average Bonchev–Trinajstić information content (AvgIpc) is 3.43. The quantitative estimate of drug-likeness (QED) is 0.300. The number of amides is 2. The van der Waals surface area contributed by atoms with Gasteiger partial charge in [-0.1, -0.05) is 6.92 Å². The number of benzene rings is 1. The number of rotatable bonds is 8. The van der Waals surface area contributed by atoms with Gasteiger partial charge in [-0.3, -0.25) is 9.69 Å². The van der Waals surface area contributed by atoms with Crippen molar-refractivity contribution in [1.82, 2.24) is 20.4 Å². The highest BCUT2D eigenvalue weighted by atomic mass is 19.4. The zero-order chi connectivity index (χ0) is 34.1. The maximum absolute atomic E-state index is 13.8. The van der Waals surface area contributed by atoms with Crippen LogP contribution in [0.15, 0.2) is 18.2 Å². The second kappa shape index (κ2) is 13.5. The minimum Gasteiger partial charge on any atom is -0.444 e. The molecule has 7 atom stereocenters. The molecule has 15 heteroatoms. The molecule has 2 aliphatic heterocycles. The topological polar surface area (TPSA) is 115 Å². The van der Waals surface area contributed by atoms with Crippen molar-refractivity contribution in [2.24, 2.45) is 5.92 Å². The molecule has 9 nitrogen and oxygen atoms in total. The number of alkyl halides is 6. The van der Waals surface area contributed by atoms with E-state index in [2.05, 4.69) is 16.7 Å². The molecular formula is C30H39F6N5O4. The molecule has 3 rings (SSSR count). The zero-order valence-corrected chi connectivity index (χ0v) is 25.9. The summed E-state index contributed by atoms with van der Waals surface area (Å²) in [7, 11) is 0. The smallest absolute Gasteiger partial charge is 0.416 e. The summed E-state index contributed by atoms with van der Waals surface area (Å²) >= 11 is 0. The Hall–Kier alpha value is -3.38. The molecule has 1 aromatic rings. The fourth-order valence-corrected chi connectivity index (χ4v) is 5.82. The molecule has 2 fully saturated rings. The molecule has 250 valence electrons. The Morgan fingerprint density at radius 2 is 1.64 bits per heavy atom. The number of carbonyl (C=O) groups is 3. The number of halogens is 6. The van der Waals surface area contributed by atoms with E-state index < -0.39 is 71.3 Å². The normalized spacial score (nSPS) is 25.8. The van der Waals surface area contributed by atoms with Gasteiger partial charge in [0.15, 0.2) is 0 Å². The van der Waals surface area contributed by atoms with Crippen LogP contribution in [0.3, 0.4) is 0 Å². The highest BCUT2D eigenvalue weighted by Gasteiger charge is 2.44. The van der Waals surface area contributed by atoms with Crippen molar-refractivity contribution >= 4 is 18.3 Å². The number of nitrogens with one attached hydrogen (secondary N) is 2. The molecule has 7 unspecified atom stereocenters. The standard InChI is InChI=1S/C30H39F6N5O4/c1-16-7-23(12-37)41(18(16)3)26(43)25(39-27(44)45-28(4,5)6)14-40-13-22(11-24(40)15-42)38-17(2)19-8-20(29(31,32)33)10-21(9-19)30(34,35)36/h8-10,15-18,22-25,38H,7,11,13-14H2,1-6H3,(H,39,44). The van der Waals surface area contributed by atoms with Gasteiger partial charge in [-0.2, -0.15) is 31.6 Å². The van der Waals surface area contributed by atoms with E-state index in [4.69, 9.17) is 4.74 Å². The zero-order valence-electron chi connectivity index (χ0n) is 25.9. The van der Waals surface area contributed by atoms with Gasteiger partial charge < -0.3 is 25.1 Å². The van der Waals surface area contributed by atoms with Crippen LogP contribution in [0.2, 0.25) is 0 Å². The van der Waals surface area contributed by atoms with Gasteiger partial charge >= 0.3 is 18.4 Å². The summed E-state index contributed by atoms with van der Waals surface area (Å²) in [5.74, 6) is -0.526. The van der Waals surface area contributed by atoms with Crippen LogP contribution >= 0.6 is 0 Å². The number of carbonyl (C=O) groups excluding carboxylic acids is 3. The number of likely N-dealkylation sites (tertiary alicyclic amines) is 2. The number of hydrogen-bond donors (Lipinski definition) is 2. The van der Waals surface area contributed by atoms with Crippen LogP contribution in [0.25, 0.3) is 0 Å². The van der Waals surface area contributed by atoms with Gasteiger partial charge in [0.25, 0.3) is 0 Å². The van der Waals surface area contributed by atoms with Gasteiger partial charge in [-0.25, -0.2) is 4.79 Å². The molecule has 0 aliphatic carbocycles. The first-order valence-electron chi connectivity index (χ1n) is 14.6. The second-order valence-electron chi connectivity index (χ2n) is 12.9. The van der Waals surface area contributed by atoms with E-state index in [1.807, 2.05) is 6.92 Å². The Labute approximate surface area is 258 Å². The Morgan fingerprint density at radius 1 is 1.07 bits per heavy atom. The van der Waals surface area contributed by atoms with E-state index >= 15 is 0 Å². The predicted octanol–water partition coefficient (Wildman–Crippen LogP) is 5.06. The molecule has 2 heterocycles. The molecule has 0 spiro atoms. The van der Waals surface area contributed by atoms with E-state index in [0.717, 1.165) is 0 Å². The summed E-state index contributed by atoms with van der Waals surface area (Å²) in [6, 6.07) is -1.07. The van der Waals surface area contributed by atoms with Crippen molar-refractivity contribution in [1.29, 1.82) is 5.26 Å². The van der Waals surface area contributed by atoms with Gasteiger partial charge in [0.2, 0.25) is 5.91 Å². The van der Waals surface area contributed by atoms with Gasteiger partial charge in [-0.15, -0.1) is 0 Å². The molecule has 2 aliphatic rings. The second-order valence-corrected chi connectivity index (χ2v) is 12.9. The van der Waals surface area contributed by atoms with Crippen LogP contribution in [-0.4, -0.2) is 77.0 Å². The minimum absolute atomic E-state index is 0.0130. The lowest BCUT2D eigenvalue weighted by molar-refractivity contribution is -0.143. The summed E-state index contributed by atoms with van der Waals surface area (Å²) in [6.45, 7) is 9.97. The predicted molar refractivity (Wildman–Crippen MR) is 150 cm³/mol. The van der Waals surface area contributed by atoms with E-state index in [1.165, 1.54) is 11.8 Å². The number of nitrogens with zero attached hydrogens (tertiary/aromatic N) is 3. The summed E-state index contributed by atoms with van der Waals surface area (Å²) in [6.07, 6.45) is -9.67. The molecular weight excluding hydrogens is 608 g/mol. The number of nitriles is 1. The fraction of sp³-hybridized carbons (Fsp3) is 0.667. The van der Waals surface area contributed by atoms with Gasteiger partial charge in [0, 0.05) is 31.2 Å². The highest BCUT2D eigenvalue weighted by molar-refractivity contribution is 5.87. The number of hydrogen-bond acceptors (Lipinski definition) is 7. The molecule has 0 saturated carbocycles. The van der Waals surface area contributed by atoms with Crippen LogP contribution < -0.4 is 10.6 Å². The molecule has 0 bridgehead atoms. The van der Waals surface area contributed by atoms with Crippen LogP contribution in [-0.2, 0) is 26.7 Å². The Kier molecular flexibility index (Phi) is 10.9. The van der Waals surface area contributed by atoms with Gasteiger partial charge in [0.1, 0.15) is 24.0 Å². The number of alkyl carbamates (subject to hydrolysis) is 1. The molecule has 0 radical (unpaired) electrons. The van der Waals surface area contributed by atoms with Gasteiger partial charge in [-0.05, 0) is 77.1 Å². The molecule has 1 aromatic carbocycles. The van der Waals surface area contributed by atoms with Crippen LogP contribution in [0.5, 0.6) is 0 Å². The first-order valence-corrected chi connectivity index (χ1v) is 14.6. The molecule has 2 N–H and O–H groups in total. The fourth-order valence-electron chi connectivity index (χ4n) is 5.82. The maximum atomic E-state index is 13.8. The van der Waals surface area contributed by atoms with Crippen molar-refractivity contribution in [3.63, 3.8) is 0 Å². The summed E-state index contributed by atoms with van der Waals surface area (Å²) in [5.41, 5.74) is -3.99. The summed E-state index contributed by atoms with van der Waals surface area (Å²) < 4.78 is 85.8. The average molecular weight is 648 g/mol. The highest BCUT2D eigenvalue weighted by Crippen LogP contribution is 2.38. The first kappa shape index (κ1) is 36.1. The van der Waals surface area contributed by atoms with E-state index in [9.17, 15) is 46.0 Å². The van der Waals surface area contributed by atoms with Crippen molar-refractivity contribution < 1.29 is 45.5 Å². The Balaban J connectivity index is 1.84. The number of aldehydes is 1. The maximum Gasteiger partial charge on any atom is 0.416 e. The third-order valence-electron chi connectivity index (χ3n) is 8.21. The third kappa shape index (κ3) is 9.09. The van der Waals surface area contributed by atoms with Crippen molar-refractivity contribution in [3.8, 4) is 6.07 Å². The molecule has 2 amide bonds. The van der Waals surface area contributed by atoms with Crippen molar-refractivity contribution in [2.45, 2.75) is 109 Å². The van der Waals surface area contributed by atoms with Crippen LogP contribution in [0.1, 0.15) is 77.1 Å². The van der Waals surface area contributed by atoms with E-state index in [1.54, 1.807) is 32.6 Å². The first-order chi connectivity index (χ1) is 20.6. The number of ether oxygens (including phenoxy) is 1.